The number of aryl methyl sites for hydroxylation is 1. The fourth-order valence-electron chi connectivity index (χ4n) is 3.23. The van der Waals surface area contributed by atoms with Crippen molar-refractivity contribution in [2.24, 2.45) is 0 Å². The van der Waals surface area contributed by atoms with Gasteiger partial charge in [0.1, 0.15) is 11.5 Å². The van der Waals surface area contributed by atoms with E-state index >= 15 is 0 Å². The smallest absolute Gasteiger partial charge is 0.189 e. The highest BCUT2D eigenvalue weighted by Crippen LogP contribution is 2.26. The summed E-state index contributed by atoms with van der Waals surface area (Å²) in [6.45, 7) is 1.88. The Kier molecular flexibility index (Phi) is 6.66. The Hall–Kier alpha value is -3.42. The lowest BCUT2D eigenvalue weighted by Gasteiger charge is -2.09. The Balaban J connectivity index is 0.000000171. The second-order valence-corrected chi connectivity index (χ2v) is 6.68. The first-order valence-corrected chi connectivity index (χ1v) is 9.34. The van der Waals surface area contributed by atoms with E-state index in [9.17, 15) is 9.90 Å². The van der Waals surface area contributed by atoms with Gasteiger partial charge in [0.15, 0.2) is 5.43 Å². The number of aromatic nitrogens is 2. The Labute approximate surface area is 173 Å². The van der Waals surface area contributed by atoms with Gasteiger partial charge in [-0.3, -0.25) is 9.78 Å². The quantitative estimate of drug-likeness (QED) is 0.479. The minimum Gasteiger partial charge on any atom is -0.496 e. The second-order valence-electron chi connectivity index (χ2n) is 6.68. The standard InChI is InChI=1S/C12H13NO2.C11H11NO3/c1-8-3-4-13-11-5-9(7-14)12(15-2)6-10(8)11;1-15-11-5-8-9(4-7(11)6-13)12-3-2-10(8)14/h3-6,14H,7H2,1-2H3;2-5,13H,6H2,1H3,(H,12,14). The number of benzene rings is 2. The van der Waals surface area contributed by atoms with Gasteiger partial charge in [-0.25, -0.2) is 0 Å². The number of rotatable bonds is 4. The highest BCUT2D eigenvalue weighted by molar-refractivity contribution is 5.84. The number of aliphatic hydroxyl groups is 2. The molecule has 0 atom stereocenters. The van der Waals surface area contributed by atoms with E-state index in [1.807, 2.05) is 25.1 Å². The van der Waals surface area contributed by atoms with Crippen molar-refractivity contribution in [3.05, 3.63) is 75.7 Å². The fraction of sp³-hybridized carbons (Fsp3) is 0.217. The summed E-state index contributed by atoms with van der Waals surface area (Å²) in [5.41, 5.74) is 4.11. The molecule has 4 aromatic rings. The Morgan fingerprint density at radius 3 is 2.20 bits per heavy atom. The zero-order valence-corrected chi connectivity index (χ0v) is 17.1. The van der Waals surface area contributed by atoms with Crippen LogP contribution in [-0.4, -0.2) is 34.4 Å². The SMILES string of the molecule is COc1cc2c(=O)cc[nH]c2cc1CO.COc1cc2c(C)ccnc2cc1CO. The molecule has 2 aromatic heterocycles. The molecule has 0 saturated heterocycles. The lowest BCUT2D eigenvalue weighted by molar-refractivity contribution is 0.273. The first-order valence-electron chi connectivity index (χ1n) is 9.34. The van der Waals surface area contributed by atoms with Crippen LogP contribution in [0.2, 0.25) is 0 Å². The van der Waals surface area contributed by atoms with E-state index in [0.29, 0.717) is 28.0 Å². The number of hydrogen-bond acceptors (Lipinski definition) is 6. The maximum atomic E-state index is 11.5. The lowest BCUT2D eigenvalue weighted by Crippen LogP contribution is -2.02. The predicted molar refractivity (Wildman–Crippen MR) is 116 cm³/mol. The number of methoxy groups -OCH3 is 2. The molecule has 0 fully saturated rings. The van der Waals surface area contributed by atoms with Crippen molar-refractivity contribution in [3.8, 4) is 11.5 Å². The number of aliphatic hydroxyl groups excluding tert-OH is 2. The van der Waals surface area contributed by atoms with E-state index < -0.39 is 0 Å². The zero-order chi connectivity index (χ0) is 21.7. The van der Waals surface area contributed by atoms with Crippen LogP contribution in [0.25, 0.3) is 21.8 Å². The van der Waals surface area contributed by atoms with Crippen LogP contribution in [0.4, 0.5) is 0 Å². The third kappa shape index (κ3) is 4.27. The molecular formula is C23H24N2O5. The molecular weight excluding hydrogens is 384 g/mol. The molecule has 2 aromatic carbocycles. The van der Waals surface area contributed by atoms with Crippen molar-refractivity contribution >= 4 is 21.8 Å². The van der Waals surface area contributed by atoms with Gasteiger partial charge in [-0.05, 0) is 42.8 Å². The molecule has 4 rings (SSSR count). The van der Waals surface area contributed by atoms with Crippen LogP contribution in [0.3, 0.4) is 0 Å². The summed E-state index contributed by atoms with van der Waals surface area (Å²) in [6, 6.07) is 10.6. The van der Waals surface area contributed by atoms with Crippen LogP contribution in [0.1, 0.15) is 16.7 Å². The molecule has 0 aliphatic carbocycles. The van der Waals surface area contributed by atoms with Crippen LogP contribution in [0.15, 0.2) is 53.6 Å². The van der Waals surface area contributed by atoms with Gasteiger partial charge in [0.05, 0.1) is 33.0 Å². The lowest BCUT2D eigenvalue weighted by atomic mass is 10.1. The van der Waals surface area contributed by atoms with Crippen LogP contribution in [0.5, 0.6) is 11.5 Å². The van der Waals surface area contributed by atoms with Crippen molar-refractivity contribution < 1.29 is 19.7 Å². The first kappa shape index (κ1) is 21.3. The Morgan fingerprint density at radius 1 is 0.933 bits per heavy atom. The van der Waals surface area contributed by atoms with Gasteiger partial charge in [0.25, 0.3) is 0 Å². The van der Waals surface area contributed by atoms with Gasteiger partial charge >= 0.3 is 0 Å². The van der Waals surface area contributed by atoms with E-state index in [-0.39, 0.29) is 18.6 Å². The third-order valence-corrected chi connectivity index (χ3v) is 4.86. The topological polar surface area (TPSA) is 105 Å². The van der Waals surface area contributed by atoms with Crippen LogP contribution < -0.4 is 14.9 Å². The molecule has 0 saturated carbocycles. The minimum atomic E-state index is -0.115. The number of hydrogen-bond donors (Lipinski definition) is 3. The number of ether oxygens (including phenoxy) is 2. The molecule has 156 valence electrons. The van der Waals surface area contributed by atoms with Crippen LogP contribution in [-0.2, 0) is 13.2 Å². The maximum absolute atomic E-state index is 11.5. The van der Waals surface area contributed by atoms with Crippen molar-refractivity contribution in [2.75, 3.05) is 14.2 Å². The fourth-order valence-corrected chi connectivity index (χ4v) is 3.23. The summed E-state index contributed by atoms with van der Waals surface area (Å²) in [7, 11) is 3.11. The molecule has 0 unspecified atom stereocenters. The molecule has 0 aliphatic heterocycles. The second kappa shape index (κ2) is 9.39. The van der Waals surface area contributed by atoms with Gasteiger partial charge in [0.2, 0.25) is 0 Å². The number of nitrogens with one attached hydrogen (secondary N) is 1. The molecule has 0 spiro atoms. The van der Waals surface area contributed by atoms with Crippen molar-refractivity contribution in [3.63, 3.8) is 0 Å². The molecule has 0 amide bonds. The van der Waals surface area contributed by atoms with Crippen LogP contribution in [0, 0.1) is 6.92 Å². The molecule has 7 nitrogen and oxygen atoms in total. The zero-order valence-electron chi connectivity index (χ0n) is 17.1. The number of fused-ring (bicyclic) bond motifs is 2. The predicted octanol–water partition coefficient (Wildman–Crippen LogP) is 3.07. The first-order chi connectivity index (χ1) is 14.5. The molecule has 0 radical (unpaired) electrons. The van der Waals surface area contributed by atoms with E-state index in [1.54, 1.807) is 31.6 Å². The van der Waals surface area contributed by atoms with E-state index in [2.05, 4.69) is 9.97 Å². The highest BCUT2D eigenvalue weighted by Gasteiger charge is 2.07. The number of pyridine rings is 2. The van der Waals surface area contributed by atoms with Gasteiger partial charge in [-0.1, -0.05) is 0 Å². The van der Waals surface area contributed by atoms with Crippen molar-refractivity contribution in [1.82, 2.24) is 9.97 Å². The molecule has 30 heavy (non-hydrogen) atoms. The van der Waals surface area contributed by atoms with Gasteiger partial charge in [-0.15, -0.1) is 0 Å². The number of aromatic amines is 1. The van der Waals surface area contributed by atoms with Crippen molar-refractivity contribution in [1.29, 1.82) is 0 Å². The summed E-state index contributed by atoms with van der Waals surface area (Å²) < 4.78 is 10.3. The highest BCUT2D eigenvalue weighted by atomic mass is 16.5. The molecule has 2 heterocycles. The largest absolute Gasteiger partial charge is 0.496 e. The van der Waals surface area contributed by atoms with Crippen molar-refractivity contribution in [2.45, 2.75) is 20.1 Å². The summed E-state index contributed by atoms with van der Waals surface area (Å²) in [5.74, 6) is 1.24. The summed E-state index contributed by atoms with van der Waals surface area (Å²) >= 11 is 0. The normalized spacial score (nSPS) is 10.6. The number of H-pyrrole nitrogens is 1. The molecule has 0 aliphatic rings. The van der Waals surface area contributed by atoms with E-state index in [4.69, 9.17) is 14.6 Å². The molecule has 0 bridgehead atoms. The summed E-state index contributed by atoms with van der Waals surface area (Å²) in [4.78, 5) is 18.7. The monoisotopic (exact) mass is 408 g/mol. The molecule has 3 N–H and O–H groups in total. The minimum absolute atomic E-state index is 0.0330. The number of nitrogens with zero attached hydrogens (tertiary/aromatic N) is 1. The van der Waals surface area contributed by atoms with Gasteiger partial charge in [-0.2, -0.15) is 0 Å². The molecule has 7 heteroatoms. The average molecular weight is 408 g/mol. The maximum Gasteiger partial charge on any atom is 0.189 e. The van der Waals surface area contributed by atoms with E-state index in [0.717, 1.165) is 22.0 Å². The average Bonchev–Trinajstić information content (AvgIpc) is 2.78. The van der Waals surface area contributed by atoms with Gasteiger partial charge < -0.3 is 24.7 Å². The van der Waals surface area contributed by atoms with Gasteiger partial charge in [0, 0.05) is 45.9 Å². The summed E-state index contributed by atoms with van der Waals surface area (Å²) in [5, 5.41) is 19.9. The Morgan fingerprint density at radius 2 is 1.57 bits per heavy atom. The third-order valence-electron chi connectivity index (χ3n) is 4.86. The van der Waals surface area contributed by atoms with Crippen LogP contribution >= 0.6 is 0 Å². The van der Waals surface area contributed by atoms with E-state index in [1.165, 1.54) is 13.2 Å². The Bertz CT molecular complexity index is 1230. The summed E-state index contributed by atoms with van der Waals surface area (Å²) in [6.07, 6.45) is 3.35.